The van der Waals surface area contributed by atoms with Crippen LogP contribution in [-0.2, 0) is 0 Å². The lowest BCUT2D eigenvalue weighted by Crippen LogP contribution is -1.61. The van der Waals surface area contributed by atoms with Gasteiger partial charge in [0.25, 0.3) is 0 Å². The van der Waals surface area contributed by atoms with Crippen molar-refractivity contribution >= 4 is 0 Å². The van der Waals surface area contributed by atoms with Gasteiger partial charge in [0, 0.05) is 0 Å². The van der Waals surface area contributed by atoms with E-state index in [1.54, 1.807) is 0 Å². The van der Waals surface area contributed by atoms with Crippen LogP contribution in [0.15, 0.2) is 24.3 Å². The minimum Gasteiger partial charge on any atom is -0.0846 e. The quantitative estimate of drug-likeness (QED) is 0.508. The fraction of sp³-hybridized carbons (Fsp3) is 0.600. The average Bonchev–Trinajstić information content (AvgIpc) is 1.97. The largest absolute Gasteiger partial charge is 0.0846 e. The Hall–Kier alpha value is -0.520. The number of rotatable bonds is 5. The van der Waals surface area contributed by atoms with Crippen LogP contribution in [0.4, 0.5) is 0 Å². The summed E-state index contributed by atoms with van der Waals surface area (Å²) in [4.78, 5) is 0. The van der Waals surface area contributed by atoms with Crippen molar-refractivity contribution in [1.29, 1.82) is 0 Å². The Balaban J connectivity index is 3.15. The van der Waals surface area contributed by atoms with Crippen molar-refractivity contribution in [2.75, 3.05) is 0 Å². The second-order valence-electron chi connectivity index (χ2n) is 2.43. The van der Waals surface area contributed by atoms with E-state index in [1.165, 1.54) is 25.7 Å². The average molecular weight is 138 g/mol. The summed E-state index contributed by atoms with van der Waals surface area (Å²) in [6.45, 7) is 4.39. The van der Waals surface area contributed by atoms with E-state index < -0.39 is 0 Å². The molecule has 10 heavy (non-hydrogen) atoms. The van der Waals surface area contributed by atoms with Gasteiger partial charge >= 0.3 is 0 Å². The Morgan fingerprint density at radius 3 is 1.50 bits per heavy atom. The second-order valence-corrected chi connectivity index (χ2v) is 2.43. The van der Waals surface area contributed by atoms with Gasteiger partial charge in [-0.05, 0) is 12.8 Å². The van der Waals surface area contributed by atoms with Gasteiger partial charge in [0.15, 0.2) is 0 Å². The maximum absolute atomic E-state index is 2.21. The number of hydrogen-bond acceptors (Lipinski definition) is 0. The summed E-state index contributed by atoms with van der Waals surface area (Å²) in [5.41, 5.74) is 0. The third kappa shape index (κ3) is 7.48. The Labute approximate surface area is 64.6 Å². The van der Waals surface area contributed by atoms with Crippen LogP contribution in [-0.4, -0.2) is 0 Å². The zero-order valence-corrected chi connectivity index (χ0v) is 7.14. The van der Waals surface area contributed by atoms with E-state index in [-0.39, 0.29) is 0 Å². The lowest BCUT2D eigenvalue weighted by molar-refractivity contribution is 0.953. The molecular weight excluding hydrogens is 120 g/mol. The summed E-state index contributed by atoms with van der Waals surface area (Å²) in [5.74, 6) is 0. The van der Waals surface area contributed by atoms with E-state index in [1.807, 2.05) is 0 Å². The van der Waals surface area contributed by atoms with Crippen molar-refractivity contribution in [3.63, 3.8) is 0 Å². The molecule has 0 radical (unpaired) electrons. The van der Waals surface area contributed by atoms with Crippen molar-refractivity contribution in [2.24, 2.45) is 0 Å². The SMILES string of the molecule is CCCC=CC=CCCC. The van der Waals surface area contributed by atoms with Crippen LogP contribution in [0.3, 0.4) is 0 Å². The molecule has 0 N–H and O–H groups in total. The van der Waals surface area contributed by atoms with Crippen molar-refractivity contribution < 1.29 is 0 Å². The molecule has 0 heteroatoms. The van der Waals surface area contributed by atoms with Gasteiger partial charge in [-0.25, -0.2) is 0 Å². The molecule has 0 saturated carbocycles. The molecule has 0 atom stereocenters. The first-order chi connectivity index (χ1) is 4.91. The lowest BCUT2D eigenvalue weighted by Gasteiger charge is -1.81. The molecule has 0 aromatic carbocycles. The van der Waals surface area contributed by atoms with Crippen molar-refractivity contribution in [1.82, 2.24) is 0 Å². The van der Waals surface area contributed by atoms with Crippen LogP contribution < -0.4 is 0 Å². The van der Waals surface area contributed by atoms with Crippen molar-refractivity contribution in [2.45, 2.75) is 39.5 Å². The predicted molar refractivity (Wildman–Crippen MR) is 48.1 cm³/mol. The number of hydrogen-bond donors (Lipinski definition) is 0. The third-order valence-electron chi connectivity index (χ3n) is 1.29. The molecule has 0 rings (SSSR count). The van der Waals surface area contributed by atoms with E-state index in [2.05, 4.69) is 38.2 Å². The van der Waals surface area contributed by atoms with Crippen LogP contribution in [0, 0.1) is 0 Å². The fourth-order valence-electron chi connectivity index (χ4n) is 0.683. The van der Waals surface area contributed by atoms with Crippen LogP contribution in [0.5, 0.6) is 0 Å². The van der Waals surface area contributed by atoms with Gasteiger partial charge < -0.3 is 0 Å². The standard InChI is InChI=1S/C10H18/c1-3-5-7-9-10-8-6-4-2/h7-10H,3-6H2,1-2H3. The van der Waals surface area contributed by atoms with E-state index in [4.69, 9.17) is 0 Å². The van der Waals surface area contributed by atoms with Crippen LogP contribution in [0.25, 0.3) is 0 Å². The molecule has 0 unspecified atom stereocenters. The smallest absolute Gasteiger partial charge is 0.0350 e. The van der Waals surface area contributed by atoms with E-state index in [0.29, 0.717) is 0 Å². The first-order valence-corrected chi connectivity index (χ1v) is 4.23. The van der Waals surface area contributed by atoms with Crippen molar-refractivity contribution in [3.05, 3.63) is 24.3 Å². The van der Waals surface area contributed by atoms with E-state index in [0.717, 1.165) is 0 Å². The minimum absolute atomic E-state index is 1.20. The summed E-state index contributed by atoms with van der Waals surface area (Å²) in [6.07, 6.45) is 13.6. The van der Waals surface area contributed by atoms with Gasteiger partial charge in [0.1, 0.15) is 0 Å². The molecule has 0 spiro atoms. The molecule has 0 aliphatic rings. The third-order valence-corrected chi connectivity index (χ3v) is 1.29. The van der Waals surface area contributed by atoms with E-state index in [9.17, 15) is 0 Å². The van der Waals surface area contributed by atoms with E-state index >= 15 is 0 Å². The molecule has 0 aromatic heterocycles. The fourth-order valence-corrected chi connectivity index (χ4v) is 0.683. The molecule has 0 aliphatic heterocycles. The molecule has 0 aliphatic carbocycles. The maximum Gasteiger partial charge on any atom is -0.0350 e. The first-order valence-electron chi connectivity index (χ1n) is 4.23. The maximum atomic E-state index is 2.21. The van der Waals surface area contributed by atoms with Crippen LogP contribution in [0.2, 0.25) is 0 Å². The summed E-state index contributed by atoms with van der Waals surface area (Å²) >= 11 is 0. The predicted octanol–water partition coefficient (Wildman–Crippen LogP) is 3.70. The summed E-state index contributed by atoms with van der Waals surface area (Å²) in [5, 5.41) is 0. The molecule has 0 nitrogen and oxygen atoms in total. The highest BCUT2D eigenvalue weighted by Gasteiger charge is 1.70. The van der Waals surface area contributed by atoms with Gasteiger partial charge in [-0.3, -0.25) is 0 Å². The van der Waals surface area contributed by atoms with Crippen LogP contribution >= 0.6 is 0 Å². The summed E-state index contributed by atoms with van der Waals surface area (Å²) in [6, 6.07) is 0. The summed E-state index contributed by atoms with van der Waals surface area (Å²) < 4.78 is 0. The molecule has 0 fully saturated rings. The topological polar surface area (TPSA) is 0 Å². The highest BCUT2D eigenvalue weighted by molar-refractivity contribution is 5.01. The Bertz CT molecular complexity index is 84.6. The number of unbranched alkanes of at least 4 members (excludes halogenated alkanes) is 2. The van der Waals surface area contributed by atoms with Gasteiger partial charge in [-0.1, -0.05) is 51.0 Å². The second kappa shape index (κ2) is 8.48. The summed E-state index contributed by atoms with van der Waals surface area (Å²) in [7, 11) is 0. The zero-order valence-electron chi connectivity index (χ0n) is 7.14. The van der Waals surface area contributed by atoms with Gasteiger partial charge in [-0.15, -0.1) is 0 Å². The Morgan fingerprint density at radius 2 is 1.20 bits per heavy atom. The zero-order chi connectivity index (χ0) is 7.66. The highest BCUT2D eigenvalue weighted by atomic mass is 13.8. The molecule has 0 amide bonds. The van der Waals surface area contributed by atoms with Gasteiger partial charge in [0.2, 0.25) is 0 Å². The molecule has 0 heterocycles. The van der Waals surface area contributed by atoms with Gasteiger partial charge in [0.05, 0.1) is 0 Å². The Morgan fingerprint density at radius 1 is 0.800 bits per heavy atom. The molecule has 0 bridgehead atoms. The Kier molecular flexibility index (Phi) is 8.04. The molecule has 58 valence electrons. The molecule has 0 saturated heterocycles. The monoisotopic (exact) mass is 138 g/mol. The normalized spacial score (nSPS) is 11.8. The number of allylic oxidation sites excluding steroid dienone is 4. The lowest BCUT2D eigenvalue weighted by atomic mass is 10.3. The van der Waals surface area contributed by atoms with Gasteiger partial charge in [-0.2, -0.15) is 0 Å². The van der Waals surface area contributed by atoms with Crippen molar-refractivity contribution in [3.8, 4) is 0 Å². The molecular formula is C10H18. The molecule has 0 aromatic rings. The van der Waals surface area contributed by atoms with Crippen LogP contribution in [0.1, 0.15) is 39.5 Å². The minimum atomic E-state index is 1.20. The highest BCUT2D eigenvalue weighted by Crippen LogP contribution is 1.91. The first kappa shape index (κ1) is 9.48.